The summed E-state index contributed by atoms with van der Waals surface area (Å²) in [4.78, 5) is 9.51. The van der Waals surface area contributed by atoms with Crippen molar-refractivity contribution in [2.75, 3.05) is 0 Å². The Balaban J connectivity index is 1.70. The fourth-order valence-corrected chi connectivity index (χ4v) is 4.59. The van der Waals surface area contributed by atoms with Gasteiger partial charge in [-0.3, -0.25) is 4.57 Å². The third-order valence-electron chi connectivity index (χ3n) is 5.82. The molecule has 0 atom stereocenters. The third kappa shape index (κ3) is 1.97. The molecule has 28 heavy (non-hydrogen) atoms. The lowest BCUT2D eigenvalue weighted by atomic mass is 9.94. The van der Waals surface area contributed by atoms with Crippen LogP contribution in [0, 0.1) is 6.92 Å². The van der Waals surface area contributed by atoms with Gasteiger partial charge in [-0.1, -0.05) is 30.3 Å². The summed E-state index contributed by atoms with van der Waals surface area (Å²) in [5.74, 6) is 1.11. The quantitative estimate of drug-likeness (QED) is 0.409. The molecular weight excluding hydrogens is 344 g/mol. The number of imidazole rings is 1. The third-order valence-corrected chi connectivity index (χ3v) is 5.82. The Bertz CT molecular complexity index is 1410. The van der Waals surface area contributed by atoms with E-state index in [-0.39, 0.29) is 0 Å². The molecule has 3 heterocycles. The lowest BCUT2D eigenvalue weighted by molar-refractivity contribution is -0.662. The van der Waals surface area contributed by atoms with E-state index in [0.717, 1.165) is 23.3 Å². The van der Waals surface area contributed by atoms with E-state index in [1.54, 1.807) is 0 Å². The molecule has 1 aliphatic rings. The van der Waals surface area contributed by atoms with E-state index in [1.807, 2.05) is 12.4 Å². The van der Waals surface area contributed by atoms with Gasteiger partial charge in [-0.05, 0) is 53.4 Å². The van der Waals surface area contributed by atoms with Crippen LogP contribution in [0.4, 0.5) is 0 Å². The summed E-state index contributed by atoms with van der Waals surface area (Å²) in [5.41, 5.74) is 9.64. The smallest absolute Gasteiger partial charge is 0.287 e. The summed E-state index contributed by atoms with van der Waals surface area (Å²) < 4.78 is 4.46. The van der Waals surface area contributed by atoms with Gasteiger partial charge < -0.3 is 0 Å². The minimum atomic E-state index is 0.845. The minimum absolute atomic E-state index is 0.845. The predicted molar refractivity (Wildman–Crippen MR) is 111 cm³/mol. The van der Waals surface area contributed by atoms with Gasteiger partial charge in [-0.25, -0.2) is 9.55 Å². The maximum atomic E-state index is 4.90. The number of para-hydroxylation sites is 3. The summed E-state index contributed by atoms with van der Waals surface area (Å²) in [7, 11) is 2.08. The van der Waals surface area contributed by atoms with E-state index in [4.69, 9.17) is 4.98 Å². The molecule has 5 aromatic rings. The zero-order valence-corrected chi connectivity index (χ0v) is 15.8. The highest BCUT2D eigenvalue weighted by atomic mass is 15.1. The molecule has 0 saturated heterocycles. The summed E-state index contributed by atoms with van der Waals surface area (Å²) in [5, 5.41) is 1.18. The van der Waals surface area contributed by atoms with Crippen molar-refractivity contribution in [2.24, 2.45) is 7.05 Å². The van der Waals surface area contributed by atoms with Gasteiger partial charge in [0.15, 0.2) is 5.52 Å². The summed E-state index contributed by atoms with van der Waals surface area (Å²) in [6.07, 6.45) is 2.76. The van der Waals surface area contributed by atoms with Crippen LogP contribution >= 0.6 is 0 Å². The molecule has 2 aromatic heterocycles. The fourth-order valence-electron chi connectivity index (χ4n) is 4.59. The lowest BCUT2D eigenvalue weighted by Gasteiger charge is -2.14. The second kappa shape index (κ2) is 5.49. The highest BCUT2D eigenvalue weighted by Gasteiger charge is 2.29. The Morgan fingerprint density at radius 2 is 1.71 bits per heavy atom. The summed E-state index contributed by atoms with van der Waals surface area (Å²) in [6, 6.07) is 21.2. The zero-order valence-electron chi connectivity index (χ0n) is 15.8. The normalized spacial score (nSPS) is 12.5. The van der Waals surface area contributed by atoms with E-state index in [2.05, 4.69) is 82.7 Å². The lowest BCUT2D eigenvalue weighted by Crippen LogP contribution is -2.32. The van der Waals surface area contributed by atoms with Crippen LogP contribution in [0.15, 0.2) is 67.0 Å². The van der Waals surface area contributed by atoms with E-state index in [0.29, 0.717) is 0 Å². The van der Waals surface area contributed by atoms with Crippen LogP contribution in [0.3, 0.4) is 0 Å². The minimum Gasteiger partial charge on any atom is -0.296 e. The predicted octanol–water partition coefficient (Wildman–Crippen LogP) is 4.28. The number of rotatable bonds is 1. The van der Waals surface area contributed by atoms with Gasteiger partial charge in [0.2, 0.25) is 0 Å². The van der Waals surface area contributed by atoms with Gasteiger partial charge in [0.25, 0.3) is 6.33 Å². The number of fused-ring (bicyclic) bond motifs is 6. The molecule has 0 saturated carbocycles. The largest absolute Gasteiger partial charge is 0.296 e. The van der Waals surface area contributed by atoms with Crippen LogP contribution in [-0.2, 0) is 13.5 Å². The highest BCUT2D eigenvalue weighted by Crippen LogP contribution is 2.40. The van der Waals surface area contributed by atoms with Gasteiger partial charge >= 0.3 is 0 Å². The molecule has 0 spiro atoms. The molecule has 4 nitrogen and oxygen atoms in total. The molecule has 134 valence electrons. The number of aromatic nitrogens is 4. The summed E-state index contributed by atoms with van der Waals surface area (Å²) in [6.45, 7) is 2.20. The van der Waals surface area contributed by atoms with Crippen molar-refractivity contribution in [3.63, 3.8) is 0 Å². The molecule has 0 aliphatic carbocycles. The Morgan fingerprint density at radius 3 is 2.61 bits per heavy atom. The number of nitrogens with zero attached hydrogens (tertiary/aromatic N) is 4. The first-order valence-corrected chi connectivity index (χ1v) is 9.55. The molecule has 0 amide bonds. The van der Waals surface area contributed by atoms with Crippen molar-refractivity contribution in [3.8, 4) is 16.9 Å². The van der Waals surface area contributed by atoms with Gasteiger partial charge in [0.1, 0.15) is 11.5 Å². The molecule has 0 fully saturated rings. The van der Waals surface area contributed by atoms with Crippen molar-refractivity contribution >= 4 is 21.9 Å². The Hall–Kier alpha value is -3.53. The standard InChI is InChI=1S/C24H19N4/c1-15-11-12-20-17(13-22-26-19-9-5-6-10-21(19)28(20)22)23(15)24-16-7-3-4-8-18(16)25-14-27(24)2/h3-12,14H,13H2,1-2H3/q+1. The molecule has 6 rings (SSSR count). The van der Waals surface area contributed by atoms with E-state index in [1.165, 1.54) is 39.0 Å². The van der Waals surface area contributed by atoms with Gasteiger partial charge in [0, 0.05) is 12.0 Å². The SMILES string of the molecule is Cc1ccc2c(c1-c1c3ccccc3nc[n+]1C)Cc1nc3ccccc3n1-2. The first kappa shape index (κ1) is 15.5. The molecule has 3 aromatic carbocycles. The molecule has 0 radical (unpaired) electrons. The Morgan fingerprint density at radius 1 is 0.929 bits per heavy atom. The molecule has 1 aliphatic heterocycles. The van der Waals surface area contributed by atoms with Crippen molar-refractivity contribution in [3.05, 3.63) is 83.9 Å². The first-order valence-electron chi connectivity index (χ1n) is 9.55. The maximum absolute atomic E-state index is 4.90. The van der Waals surface area contributed by atoms with Crippen LogP contribution in [0.2, 0.25) is 0 Å². The number of hydrogen-bond acceptors (Lipinski definition) is 2. The monoisotopic (exact) mass is 363 g/mol. The van der Waals surface area contributed by atoms with Crippen LogP contribution in [0.1, 0.15) is 17.0 Å². The summed E-state index contributed by atoms with van der Waals surface area (Å²) >= 11 is 0. The van der Waals surface area contributed by atoms with Gasteiger partial charge in [-0.15, -0.1) is 0 Å². The van der Waals surface area contributed by atoms with E-state index >= 15 is 0 Å². The molecular formula is C24H19N4+. The van der Waals surface area contributed by atoms with Crippen LogP contribution in [0.25, 0.3) is 38.9 Å². The molecule has 4 heteroatoms. The average Bonchev–Trinajstić information content (AvgIpc) is 3.25. The average molecular weight is 363 g/mol. The van der Waals surface area contributed by atoms with Crippen LogP contribution in [0.5, 0.6) is 0 Å². The molecule has 0 N–H and O–H groups in total. The maximum Gasteiger partial charge on any atom is 0.287 e. The number of aryl methyl sites for hydroxylation is 2. The second-order valence-corrected chi connectivity index (χ2v) is 7.51. The topological polar surface area (TPSA) is 34.6 Å². The molecule has 0 bridgehead atoms. The van der Waals surface area contributed by atoms with Crippen LogP contribution in [-0.4, -0.2) is 14.5 Å². The van der Waals surface area contributed by atoms with Crippen LogP contribution < -0.4 is 4.57 Å². The first-order chi connectivity index (χ1) is 13.7. The van der Waals surface area contributed by atoms with Crippen molar-refractivity contribution in [1.82, 2.24) is 14.5 Å². The van der Waals surface area contributed by atoms with Crippen molar-refractivity contribution < 1.29 is 4.57 Å². The van der Waals surface area contributed by atoms with Gasteiger partial charge in [-0.2, -0.15) is 0 Å². The molecule has 0 unspecified atom stereocenters. The Labute approximate surface area is 162 Å². The fraction of sp³-hybridized carbons (Fsp3) is 0.125. The van der Waals surface area contributed by atoms with Crippen molar-refractivity contribution in [2.45, 2.75) is 13.3 Å². The zero-order chi connectivity index (χ0) is 18.8. The van der Waals surface area contributed by atoms with Gasteiger partial charge in [0.05, 0.1) is 29.2 Å². The number of benzene rings is 3. The van der Waals surface area contributed by atoms with Crippen molar-refractivity contribution in [1.29, 1.82) is 0 Å². The Kier molecular flexibility index (Phi) is 3.04. The van der Waals surface area contributed by atoms with E-state index in [9.17, 15) is 0 Å². The van der Waals surface area contributed by atoms with E-state index < -0.39 is 0 Å². The second-order valence-electron chi connectivity index (χ2n) is 7.51. The number of hydrogen-bond donors (Lipinski definition) is 0. The highest BCUT2D eigenvalue weighted by molar-refractivity contribution is 5.93.